The topological polar surface area (TPSA) is 0 Å². The number of fused-ring (bicyclic) bond motifs is 6. The monoisotopic (exact) mass is 626 g/mol. The summed E-state index contributed by atoms with van der Waals surface area (Å²) in [6.07, 6.45) is 18.4. The van der Waals surface area contributed by atoms with Crippen LogP contribution in [0.25, 0.3) is 33.7 Å². The molecular weight excluding hydrogens is 587 g/mol. The van der Waals surface area contributed by atoms with Crippen molar-refractivity contribution in [3.63, 3.8) is 0 Å². The minimum Gasteiger partial charge on any atom is -1.00 e. The van der Waals surface area contributed by atoms with Crippen molar-refractivity contribution in [3.8, 4) is 0 Å². The molecule has 3 fully saturated rings. The number of hydrogen-bond donors (Lipinski definition) is 0. The average molecular weight is 628 g/mol. The molecule has 42 heavy (non-hydrogen) atoms. The van der Waals surface area contributed by atoms with Crippen LogP contribution in [0.2, 0.25) is 9.45 Å². The Bertz CT molecular complexity index is 1590. The van der Waals surface area contributed by atoms with Gasteiger partial charge >= 0.3 is 244 Å². The molecule has 9 rings (SSSR count). The predicted molar refractivity (Wildman–Crippen MR) is 167 cm³/mol. The van der Waals surface area contributed by atoms with Crippen LogP contribution < -0.4 is 24.8 Å². The molecule has 2 atom stereocenters. The van der Waals surface area contributed by atoms with Crippen LogP contribution in [-0.2, 0) is 16.6 Å². The first-order chi connectivity index (χ1) is 19.8. The van der Waals surface area contributed by atoms with E-state index in [1.807, 2.05) is 11.1 Å². The number of benzene rings is 4. The maximum absolute atomic E-state index is 2.76. The van der Waals surface area contributed by atoms with Gasteiger partial charge in [-0.25, -0.2) is 0 Å². The van der Waals surface area contributed by atoms with Crippen molar-refractivity contribution >= 4 is 33.7 Å². The number of allylic oxidation sites excluding steroid dienone is 2. The molecule has 0 bridgehead atoms. The zero-order chi connectivity index (χ0) is 26.3. The molecule has 4 aromatic rings. The normalized spacial score (nSPS) is 23.7. The van der Waals surface area contributed by atoms with Crippen molar-refractivity contribution in [1.82, 2.24) is 0 Å². The van der Waals surface area contributed by atoms with E-state index >= 15 is 0 Å². The van der Waals surface area contributed by atoms with Gasteiger partial charge in [-0.3, -0.25) is 0 Å². The second kappa shape index (κ2) is 11.3. The molecule has 4 aromatic carbocycles. The Morgan fingerprint density at radius 2 is 0.905 bits per heavy atom. The Morgan fingerprint density at radius 3 is 1.31 bits per heavy atom. The molecular formula is C39H40Cl2Ti. The van der Waals surface area contributed by atoms with Crippen molar-refractivity contribution in [2.24, 2.45) is 11.8 Å². The van der Waals surface area contributed by atoms with Gasteiger partial charge in [0.2, 0.25) is 0 Å². The largest absolute Gasteiger partial charge is 1.00 e. The van der Waals surface area contributed by atoms with E-state index in [2.05, 4.69) is 84.9 Å². The fraction of sp³-hybridized carbons (Fsp3) is 0.385. The summed E-state index contributed by atoms with van der Waals surface area (Å²) in [6, 6.07) is 28.5. The zero-order valence-electron chi connectivity index (χ0n) is 24.4. The Balaban J connectivity index is 0.00000144. The maximum atomic E-state index is 2.76. The van der Waals surface area contributed by atoms with Gasteiger partial charge in [0.1, 0.15) is 0 Å². The van der Waals surface area contributed by atoms with E-state index in [1.54, 1.807) is 31.7 Å². The van der Waals surface area contributed by atoms with Crippen LogP contribution in [-0.4, -0.2) is 0 Å². The molecule has 1 heterocycles. The summed E-state index contributed by atoms with van der Waals surface area (Å²) < 4.78 is 4.62. The van der Waals surface area contributed by atoms with Gasteiger partial charge in [0.25, 0.3) is 0 Å². The summed E-state index contributed by atoms with van der Waals surface area (Å²) in [5.41, 5.74) is 10.5. The van der Waals surface area contributed by atoms with Crippen molar-refractivity contribution in [2.45, 2.75) is 75.7 Å². The molecule has 214 valence electrons. The van der Waals surface area contributed by atoms with Crippen molar-refractivity contribution in [2.75, 3.05) is 0 Å². The van der Waals surface area contributed by atoms with Crippen molar-refractivity contribution < 1.29 is 41.4 Å². The fourth-order valence-corrected chi connectivity index (χ4v) is 20.1. The van der Waals surface area contributed by atoms with Gasteiger partial charge in [0.05, 0.1) is 0 Å². The van der Waals surface area contributed by atoms with Crippen LogP contribution in [0.5, 0.6) is 0 Å². The third kappa shape index (κ3) is 4.19. The van der Waals surface area contributed by atoms with E-state index < -0.39 is 16.6 Å². The van der Waals surface area contributed by atoms with E-state index in [0.29, 0.717) is 0 Å². The summed E-state index contributed by atoms with van der Waals surface area (Å²) in [5.74, 6) is 1.63. The molecule has 2 unspecified atom stereocenters. The SMILES string of the molecule is C1=C(C2CCCC2)[CH]([Ti+2]2([CH]3C(C4CCCC4)=Cc4c3ccc3ccccc43)[CH2]C[CH2]2)c2ccc3ccccc3c21.[Cl-].[Cl-]. The van der Waals surface area contributed by atoms with Crippen LogP contribution in [0.3, 0.4) is 0 Å². The van der Waals surface area contributed by atoms with Crippen LogP contribution in [0.4, 0.5) is 0 Å². The van der Waals surface area contributed by atoms with Gasteiger partial charge in [-0.15, -0.1) is 0 Å². The molecule has 1 aliphatic heterocycles. The van der Waals surface area contributed by atoms with E-state index in [9.17, 15) is 0 Å². The Hall–Kier alpha value is -1.83. The molecule has 0 nitrogen and oxygen atoms in total. The molecule has 0 radical (unpaired) electrons. The van der Waals surface area contributed by atoms with E-state index in [1.165, 1.54) is 79.3 Å². The second-order valence-corrected chi connectivity index (χ2v) is 21.0. The fourth-order valence-electron chi connectivity index (χ4n) is 10.1. The quantitative estimate of drug-likeness (QED) is 0.268. The van der Waals surface area contributed by atoms with Crippen LogP contribution in [0.1, 0.15) is 88.5 Å². The molecule has 4 aliphatic carbocycles. The van der Waals surface area contributed by atoms with Crippen LogP contribution in [0.15, 0.2) is 83.9 Å². The summed E-state index contributed by atoms with van der Waals surface area (Å²) >= 11 is -2.47. The van der Waals surface area contributed by atoms with Gasteiger partial charge in [-0.05, 0) is 0 Å². The number of halogens is 2. The second-order valence-electron chi connectivity index (χ2n) is 13.8. The molecule has 0 spiro atoms. The van der Waals surface area contributed by atoms with E-state index in [-0.39, 0.29) is 24.8 Å². The standard InChI is InChI=1S/2C18H17.C3H6.2ClH.Ti/c2*1-2-6-13(5-1)16-11-15-10-9-14-7-3-4-8-17(14)18(15)12-16;1-3-2;;;/h2*3-4,7-13H,1-2,5-6H2;1-3H2;2*1H;/q;;;;;+2/p-2. The molecule has 5 aliphatic rings. The Morgan fingerprint density at radius 1 is 0.476 bits per heavy atom. The van der Waals surface area contributed by atoms with E-state index in [4.69, 9.17) is 0 Å². The Labute approximate surface area is 267 Å². The zero-order valence-corrected chi connectivity index (χ0v) is 27.5. The minimum absolute atomic E-state index is 0. The van der Waals surface area contributed by atoms with Crippen LogP contribution >= 0.6 is 0 Å². The van der Waals surface area contributed by atoms with Gasteiger partial charge in [0.15, 0.2) is 0 Å². The molecule has 0 amide bonds. The summed E-state index contributed by atoms with van der Waals surface area (Å²) in [6.45, 7) is 0. The first-order valence-electron chi connectivity index (χ1n) is 16.3. The summed E-state index contributed by atoms with van der Waals surface area (Å²) in [5, 5.41) is 5.84. The molecule has 1 saturated heterocycles. The predicted octanol–water partition coefficient (Wildman–Crippen LogP) is 5.35. The van der Waals surface area contributed by atoms with E-state index in [0.717, 1.165) is 20.3 Å². The smallest absolute Gasteiger partial charge is 1.00 e. The van der Waals surface area contributed by atoms with Crippen LogP contribution in [0, 0.1) is 11.8 Å². The first-order valence-corrected chi connectivity index (χ1v) is 20.3. The van der Waals surface area contributed by atoms with Gasteiger partial charge in [-0.1, -0.05) is 0 Å². The van der Waals surface area contributed by atoms with Crippen molar-refractivity contribution in [1.29, 1.82) is 0 Å². The summed E-state index contributed by atoms with van der Waals surface area (Å²) in [4.78, 5) is 0. The van der Waals surface area contributed by atoms with Gasteiger partial charge in [0, 0.05) is 0 Å². The minimum atomic E-state index is -2.47. The third-order valence-electron chi connectivity index (χ3n) is 12.0. The Kier molecular flexibility index (Phi) is 7.76. The maximum Gasteiger partial charge on any atom is -1.00 e. The number of rotatable bonds is 4. The average Bonchev–Trinajstić information content (AvgIpc) is 3.78. The molecule has 2 saturated carbocycles. The molecule has 0 aromatic heterocycles. The summed E-state index contributed by atoms with van der Waals surface area (Å²) in [7, 11) is 0. The third-order valence-corrected chi connectivity index (χ3v) is 21.6. The van der Waals surface area contributed by atoms with Gasteiger partial charge in [-0.2, -0.15) is 0 Å². The molecule has 3 heteroatoms. The first kappa shape index (κ1) is 28.9. The van der Waals surface area contributed by atoms with Gasteiger partial charge < -0.3 is 24.8 Å². The van der Waals surface area contributed by atoms with Crippen molar-refractivity contribution in [3.05, 3.63) is 106 Å². The molecule has 0 N–H and O–H groups in total. The number of hydrogen-bond acceptors (Lipinski definition) is 0.